The molecule has 16 nitrogen and oxygen atoms in total. The maximum absolute atomic E-state index is 12.6. The number of Topliss-reactive ketones (excluding diaryl/α,β-unsaturated/α-hetero) is 2. The number of aliphatic imine (C=N–C) groups is 2. The fourth-order valence-electron chi connectivity index (χ4n) is 8.01. The van der Waals surface area contributed by atoms with Gasteiger partial charge in [0.05, 0.1) is 12.4 Å². The molecule has 0 saturated carbocycles. The molecule has 436 valence electrons. The number of carboxylic acid groups (broad SMARTS) is 2. The van der Waals surface area contributed by atoms with Crippen LogP contribution in [-0.2, 0) is 28.8 Å². The van der Waals surface area contributed by atoms with Crippen LogP contribution in [0.1, 0.15) is 115 Å². The number of quaternary nitrogens is 2. The smallest absolute Gasteiger partial charge is 0.430 e. The number of nitrogens with two attached hydrogens (primary N) is 2. The highest BCUT2D eigenvalue weighted by Crippen LogP contribution is 2.22. The van der Waals surface area contributed by atoms with Crippen LogP contribution in [0.4, 0.5) is 26.3 Å². The van der Waals surface area contributed by atoms with Crippen LogP contribution in [0, 0.1) is 0 Å². The summed E-state index contributed by atoms with van der Waals surface area (Å²) in [5, 5.41) is 33.0. The zero-order valence-corrected chi connectivity index (χ0v) is 46.2. The van der Waals surface area contributed by atoms with Gasteiger partial charge in [0.1, 0.15) is 35.6 Å². The third kappa shape index (κ3) is 25.3. The topological polar surface area (TPSA) is 237 Å². The highest BCUT2D eigenvalue weighted by molar-refractivity contribution is 5.93. The average molecular weight is 1130 g/mol. The minimum absolute atomic E-state index is 0.0464. The number of halogens is 6. The summed E-state index contributed by atoms with van der Waals surface area (Å²) < 4.78 is 63.1. The van der Waals surface area contributed by atoms with E-state index in [1.807, 2.05) is 88.5 Å². The molecule has 0 radical (unpaired) electrons. The fourth-order valence-corrected chi connectivity index (χ4v) is 8.01. The van der Waals surface area contributed by atoms with Gasteiger partial charge in [-0.25, -0.2) is 9.98 Å². The first kappa shape index (κ1) is 67.1. The number of hydrogen-bond acceptors (Lipinski definition) is 12. The number of fused-ring (bicyclic) bond motifs is 2. The Morgan fingerprint density at radius 2 is 0.850 bits per heavy atom. The molecule has 6 N–H and O–H groups in total. The number of carbonyl (C=O) groups is 6. The molecule has 2 aliphatic heterocycles. The van der Waals surface area contributed by atoms with Gasteiger partial charge < -0.3 is 40.2 Å². The summed E-state index contributed by atoms with van der Waals surface area (Å²) >= 11 is 0. The molecule has 0 aromatic heterocycles. The number of amides is 2. The molecule has 0 saturated heterocycles. The van der Waals surface area contributed by atoms with Crippen LogP contribution < -0.4 is 31.5 Å². The SMILES string of the molecule is CCC(=O)CCCCC[C@H](NC(=O)CCN(C)C)C1=NC=C(c2ccc3ccccc3c2)[NH2+]1.CCC(=O)CCCCC[C@H](NC(=O)CCN(C)C)C1=NC=C(c2ccc3ccccc3c2)[NH2+]1.O=C([O-])C(F)(F)F.O=C([O-])C(F)(F)F. The zero-order chi connectivity index (χ0) is 59.4. The number of aliphatic carboxylic acids is 2. The first-order chi connectivity index (χ1) is 37.8. The van der Waals surface area contributed by atoms with Crippen LogP contribution in [0.25, 0.3) is 32.9 Å². The van der Waals surface area contributed by atoms with Gasteiger partial charge in [-0.05, 0) is 99.7 Å². The van der Waals surface area contributed by atoms with Crippen LogP contribution >= 0.6 is 0 Å². The van der Waals surface area contributed by atoms with E-state index in [4.69, 9.17) is 19.8 Å². The van der Waals surface area contributed by atoms with Crippen molar-refractivity contribution in [1.82, 2.24) is 20.4 Å². The maximum atomic E-state index is 12.6. The van der Waals surface area contributed by atoms with E-state index >= 15 is 0 Å². The average Bonchev–Trinajstić information content (AvgIpc) is 4.13. The van der Waals surface area contributed by atoms with Gasteiger partial charge >= 0.3 is 12.4 Å². The molecule has 6 rings (SSSR count). The molecule has 4 aromatic carbocycles. The monoisotopic (exact) mass is 1120 g/mol. The van der Waals surface area contributed by atoms with E-state index in [1.165, 1.54) is 21.5 Å². The Bertz CT molecular complexity index is 2640. The number of amidine groups is 2. The molecule has 2 heterocycles. The van der Waals surface area contributed by atoms with Gasteiger partial charge in [-0.15, -0.1) is 0 Å². The summed E-state index contributed by atoms with van der Waals surface area (Å²) in [6.45, 7) is 5.26. The Kier molecular flexibility index (Phi) is 28.6. The molecule has 0 unspecified atom stereocenters. The molecule has 0 aliphatic carbocycles. The number of ketones is 2. The largest absolute Gasteiger partial charge is 0.542 e. The predicted octanol–water partition coefficient (Wildman–Crippen LogP) is 5.56. The number of hydrogen-bond donors (Lipinski definition) is 4. The van der Waals surface area contributed by atoms with Crippen molar-refractivity contribution >= 4 is 79.9 Å². The number of carboxylic acids is 2. The van der Waals surface area contributed by atoms with Crippen molar-refractivity contribution in [3.05, 3.63) is 108 Å². The molecule has 2 aliphatic rings. The summed E-state index contributed by atoms with van der Waals surface area (Å²) in [6, 6.07) is 29.3. The maximum Gasteiger partial charge on any atom is 0.430 e. The lowest BCUT2D eigenvalue weighted by atomic mass is 10.0. The van der Waals surface area contributed by atoms with Crippen molar-refractivity contribution < 1.29 is 76.0 Å². The van der Waals surface area contributed by atoms with Crippen molar-refractivity contribution in [3.63, 3.8) is 0 Å². The lowest BCUT2D eigenvalue weighted by Crippen LogP contribution is -2.87. The van der Waals surface area contributed by atoms with Crippen LogP contribution in [0.3, 0.4) is 0 Å². The first-order valence-electron chi connectivity index (χ1n) is 26.5. The molecular weight excluding hydrogens is 1050 g/mol. The van der Waals surface area contributed by atoms with Crippen molar-refractivity contribution in [2.45, 2.75) is 128 Å². The number of benzene rings is 4. The number of nitrogens with zero attached hydrogens (tertiary/aromatic N) is 4. The van der Waals surface area contributed by atoms with E-state index in [9.17, 15) is 45.5 Å². The van der Waals surface area contributed by atoms with Crippen LogP contribution in [0.5, 0.6) is 0 Å². The predicted molar refractivity (Wildman–Crippen MR) is 292 cm³/mol. The molecule has 0 bridgehead atoms. The third-order valence-electron chi connectivity index (χ3n) is 12.6. The minimum atomic E-state index is -5.19. The van der Waals surface area contributed by atoms with Crippen LogP contribution in [-0.4, -0.2) is 123 Å². The highest BCUT2D eigenvalue weighted by atomic mass is 19.4. The second kappa shape index (κ2) is 34.1. The van der Waals surface area contributed by atoms with Gasteiger partial charge in [0.15, 0.2) is 11.4 Å². The standard InChI is InChI=1S/2C27H36N4O2.2C2HF3O2/c2*1-4-23(32)12-6-5-7-13-24(29-26(33)16-17-31(2)3)27-28-19-25(30-27)22-15-14-20-10-8-9-11-21(20)18-22;2*3-2(4,5)1(6)7/h2*8-11,14-15,18-19,24H,4-7,12-13,16-17H2,1-3H3,(H,28,30)(H,29,33);2*(H,6,7)/t2*24-;;/m00../s1. The number of unbranched alkanes of at least 4 members (excludes halogenated alkanes) is 4. The fraction of sp³-hybridized carbons (Fsp3) is 0.448. The Morgan fingerprint density at radius 1 is 0.512 bits per heavy atom. The lowest BCUT2D eigenvalue weighted by molar-refractivity contribution is -0.434. The van der Waals surface area contributed by atoms with Crippen molar-refractivity contribution in [2.24, 2.45) is 9.98 Å². The van der Waals surface area contributed by atoms with E-state index < -0.39 is 24.3 Å². The molecule has 2 amide bonds. The summed E-state index contributed by atoms with van der Waals surface area (Å²) in [4.78, 5) is 79.2. The summed E-state index contributed by atoms with van der Waals surface area (Å²) in [7, 11) is 7.88. The number of nitrogens with one attached hydrogen (secondary N) is 2. The van der Waals surface area contributed by atoms with Gasteiger partial charge in [0.2, 0.25) is 23.5 Å². The highest BCUT2D eigenvalue weighted by Gasteiger charge is 2.31. The second-order valence-corrected chi connectivity index (χ2v) is 19.6. The van der Waals surface area contributed by atoms with Gasteiger partial charge in [-0.3, -0.25) is 29.8 Å². The summed E-state index contributed by atoms with van der Waals surface area (Å²) in [6.07, 6.45) is 4.19. The van der Waals surface area contributed by atoms with Crippen LogP contribution in [0.2, 0.25) is 0 Å². The molecular formula is C58H74F6N8O8. The second-order valence-electron chi connectivity index (χ2n) is 19.6. The van der Waals surface area contributed by atoms with E-state index in [-0.39, 0.29) is 23.9 Å². The third-order valence-corrected chi connectivity index (χ3v) is 12.6. The summed E-state index contributed by atoms with van der Waals surface area (Å²) in [5.41, 5.74) is 4.39. The van der Waals surface area contributed by atoms with E-state index in [0.29, 0.717) is 63.2 Å². The van der Waals surface area contributed by atoms with E-state index in [0.717, 1.165) is 85.6 Å². The first-order valence-corrected chi connectivity index (χ1v) is 26.5. The van der Waals surface area contributed by atoms with E-state index in [2.05, 4.69) is 91.9 Å². The zero-order valence-electron chi connectivity index (χ0n) is 46.2. The van der Waals surface area contributed by atoms with Crippen molar-refractivity contribution in [1.29, 1.82) is 0 Å². The van der Waals surface area contributed by atoms with Gasteiger partial charge in [-0.2, -0.15) is 26.3 Å². The van der Waals surface area contributed by atoms with E-state index in [1.54, 1.807) is 0 Å². The Hall–Kier alpha value is -7.14. The normalized spacial score (nSPS) is 13.8. The molecule has 0 spiro atoms. The number of carbonyl (C=O) groups excluding carboxylic acids is 6. The van der Waals surface area contributed by atoms with Gasteiger partial charge in [0, 0.05) is 62.7 Å². The Morgan fingerprint density at radius 3 is 1.16 bits per heavy atom. The van der Waals surface area contributed by atoms with Gasteiger partial charge in [-0.1, -0.05) is 100 Å². The van der Waals surface area contributed by atoms with Gasteiger partial charge in [0.25, 0.3) is 0 Å². The van der Waals surface area contributed by atoms with Crippen molar-refractivity contribution in [3.8, 4) is 0 Å². The summed E-state index contributed by atoms with van der Waals surface area (Å²) in [5.74, 6) is -3.47. The van der Waals surface area contributed by atoms with Crippen LogP contribution in [0.15, 0.2) is 107 Å². The van der Waals surface area contributed by atoms with Crippen molar-refractivity contribution in [2.75, 3.05) is 41.3 Å². The number of alkyl halides is 6. The Labute approximate surface area is 462 Å². The molecule has 22 heteroatoms. The quantitative estimate of drug-likeness (QED) is 0.0452. The number of rotatable bonds is 26. The lowest BCUT2D eigenvalue weighted by Gasteiger charge is -2.18. The Balaban J connectivity index is 0.000000339. The molecule has 2 atom stereocenters. The minimum Gasteiger partial charge on any atom is -0.542 e. The molecule has 4 aromatic rings. The molecule has 80 heavy (non-hydrogen) atoms. The molecule has 0 fully saturated rings.